The average Bonchev–Trinajstić information content (AvgIpc) is 2.52. The number of unbranched alkanes of at least 4 members (excludes halogenated alkanes) is 2. The lowest BCUT2D eigenvalue weighted by Crippen LogP contribution is -2.43. The first-order valence-corrected chi connectivity index (χ1v) is 8.96. The normalized spacial score (nSPS) is 12.3. The molecule has 0 heterocycles. The monoisotopic (exact) mass is 331 g/mol. The number of hydrogen-bond acceptors (Lipinski definition) is 5. The van der Waals surface area contributed by atoms with Gasteiger partial charge >= 0.3 is 6.09 Å². The minimum Gasteiger partial charge on any atom is -0.465 e. The van der Waals surface area contributed by atoms with Gasteiger partial charge in [-0.05, 0) is 58.9 Å². The predicted octanol–water partition coefficient (Wildman–Crippen LogP) is 0.581. The molecule has 0 aromatic carbocycles. The molecule has 0 aliphatic heterocycles. The minimum absolute atomic E-state index is 0.0303. The van der Waals surface area contributed by atoms with Gasteiger partial charge in [0, 0.05) is 25.7 Å². The zero-order chi connectivity index (χ0) is 17.2. The van der Waals surface area contributed by atoms with Crippen molar-refractivity contribution >= 4 is 6.09 Å². The van der Waals surface area contributed by atoms with Crippen molar-refractivity contribution in [3.05, 3.63) is 0 Å². The summed E-state index contributed by atoms with van der Waals surface area (Å²) in [7, 11) is 1.87. The Labute approximate surface area is 141 Å². The zero-order valence-electron chi connectivity index (χ0n) is 14.9. The lowest BCUT2D eigenvalue weighted by Gasteiger charge is -2.17. The quantitative estimate of drug-likeness (QED) is 0.218. The van der Waals surface area contributed by atoms with E-state index < -0.39 is 6.09 Å². The summed E-state index contributed by atoms with van der Waals surface area (Å²) in [6.07, 6.45) is 4.53. The molecule has 1 atom stereocenters. The summed E-state index contributed by atoms with van der Waals surface area (Å²) < 4.78 is 0. The van der Waals surface area contributed by atoms with E-state index in [-0.39, 0.29) is 6.04 Å². The summed E-state index contributed by atoms with van der Waals surface area (Å²) >= 11 is 0. The van der Waals surface area contributed by atoms with Crippen molar-refractivity contribution in [2.24, 2.45) is 0 Å². The Hall–Kier alpha value is -0.890. The molecule has 138 valence electrons. The highest BCUT2D eigenvalue weighted by Gasteiger charge is 2.09. The molecule has 0 aromatic rings. The van der Waals surface area contributed by atoms with Gasteiger partial charge in [-0.2, -0.15) is 0 Å². The summed E-state index contributed by atoms with van der Waals surface area (Å²) in [4.78, 5) is 10.7. The molecule has 23 heavy (non-hydrogen) atoms. The van der Waals surface area contributed by atoms with Crippen molar-refractivity contribution < 1.29 is 9.90 Å². The fourth-order valence-corrected chi connectivity index (χ4v) is 2.28. The van der Waals surface area contributed by atoms with Crippen LogP contribution in [0.4, 0.5) is 4.79 Å². The van der Waals surface area contributed by atoms with Gasteiger partial charge in [0.25, 0.3) is 0 Å². The van der Waals surface area contributed by atoms with Gasteiger partial charge in [0.2, 0.25) is 0 Å². The van der Waals surface area contributed by atoms with Gasteiger partial charge in [-0.15, -0.1) is 0 Å². The van der Waals surface area contributed by atoms with E-state index in [1.54, 1.807) is 0 Å². The summed E-state index contributed by atoms with van der Waals surface area (Å²) in [6, 6.07) is -0.0303. The number of carboxylic acid groups (broad SMARTS) is 1. The van der Waals surface area contributed by atoms with Gasteiger partial charge in [-0.1, -0.05) is 13.3 Å². The Morgan fingerprint density at radius 2 is 1.57 bits per heavy atom. The first-order valence-electron chi connectivity index (χ1n) is 8.96. The molecule has 0 aliphatic carbocycles. The molecule has 0 saturated carbocycles. The Bertz CT molecular complexity index is 267. The molecule has 0 rings (SSSR count). The summed E-state index contributed by atoms with van der Waals surface area (Å²) in [5.41, 5.74) is 0. The van der Waals surface area contributed by atoms with E-state index in [1.807, 2.05) is 7.05 Å². The maximum Gasteiger partial charge on any atom is 0.404 e. The second-order valence-electron chi connectivity index (χ2n) is 5.80. The van der Waals surface area contributed by atoms with E-state index in [9.17, 15) is 4.79 Å². The van der Waals surface area contributed by atoms with Crippen molar-refractivity contribution in [3.8, 4) is 0 Å². The molecule has 6 N–H and O–H groups in total. The molecule has 1 amide bonds. The number of rotatable bonds is 17. The average molecular weight is 332 g/mol. The Balaban J connectivity index is 3.36. The fraction of sp³-hybridized carbons (Fsp3) is 0.938. The molecule has 0 fully saturated rings. The van der Waals surface area contributed by atoms with Gasteiger partial charge in [0.1, 0.15) is 0 Å². The van der Waals surface area contributed by atoms with Crippen LogP contribution in [0.25, 0.3) is 0 Å². The van der Waals surface area contributed by atoms with E-state index >= 15 is 0 Å². The number of nitrogens with one attached hydrogen (secondary N) is 5. The van der Waals surface area contributed by atoms with Crippen molar-refractivity contribution in [3.63, 3.8) is 0 Å². The fourth-order valence-electron chi connectivity index (χ4n) is 2.28. The maximum absolute atomic E-state index is 10.7. The van der Waals surface area contributed by atoms with Gasteiger partial charge in [0.15, 0.2) is 0 Å². The highest BCUT2D eigenvalue weighted by molar-refractivity contribution is 5.64. The van der Waals surface area contributed by atoms with Crippen LogP contribution in [0.5, 0.6) is 0 Å². The van der Waals surface area contributed by atoms with E-state index in [1.165, 1.54) is 19.3 Å². The number of carbonyl (C=O) groups is 1. The Morgan fingerprint density at radius 3 is 2.17 bits per heavy atom. The molecule has 7 nitrogen and oxygen atoms in total. The lowest BCUT2D eigenvalue weighted by atomic mass is 10.2. The Kier molecular flexibility index (Phi) is 16.8. The van der Waals surface area contributed by atoms with Crippen LogP contribution in [-0.4, -0.2) is 70.1 Å². The van der Waals surface area contributed by atoms with Crippen molar-refractivity contribution in [1.29, 1.82) is 0 Å². The minimum atomic E-state index is -0.951. The van der Waals surface area contributed by atoms with Crippen LogP contribution >= 0.6 is 0 Å². The molecule has 0 aliphatic rings. The molecule has 0 saturated heterocycles. The highest BCUT2D eigenvalue weighted by atomic mass is 16.4. The van der Waals surface area contributed by atoms with Crippen LogP contribution < -0.4 is 26.6 Å². The maximum atomic E-state index is 10.7. The lowest BCUT2D eigenvalue weighted by molar-refractivity contribution is 0.188. The number of amides is 1. The van der Waals surface area contributed by atoms with Gasteiger partial charge < -0.3 is 31.7 Å². The SMILES string of the molecule is CCCNCCNCCCCCNCC(CCNC)NC(=O)O. The van der Waals surface area contributed by atoms with Gasteiger partial charge in [-0.3, -0.25) is 0 Å². The predicted molar refractivity (Wildman–Crippen MR) is 96.2 cm³/mol. The first-order chi connectivity index (χ1) is 11.2. The summed E-state index contributed by atoms with van der Waals surface area (Å²) in [5.74, 6) is 0. The summed E-state index contributed by atoms with van der Waals surface area (Å²) in [6.45, 7) is 8.86. The van der Waals surface area contributed by atoms with E-state index in [2.05, 4.69) is 33.5 Å². The van der Waals surface area contributed by atoms with Gasteiger partial charge in [0.05, 0.1) is 0 Å². The number of hydrogen-bond donors (Lipinski definition) is 6. The van der Waals surface area contributed by atoms with Crippen molar-refractivity contribution in [2.75, 3.05) is 52.9 Å². The van der Waals surface area contributed by atoms with Crippen molar-refractivity contribution in [1.82, 2.24) is 26.6 Å². The van der Waals surface area contributed by atoms with Crippen LogP contribution in [0.3, 0.4) is 0 Å². The van der Waals surface area contributed by atoms with Crippen molar-refractivity contribution in [2.45, 2.75) is 45.1 Å². The van der Waals surface area contributed by atoms with Crippen LogP contribution in [0.15, 0.2) is 0 Å². The van der Waals surface area contributed by atoms with E-state index in [0.29, 0.717) is 6.54 Å². The highest BCUT2D eigenvalue weighted by Crippen LogP contribution is 1.94. The van der Waals surface area contributed by atoms with Crippen LogP contribution in [0, 0.1) is 0 Å². The van der Waals surface area contributed by atoms with Crippen LogP contribution in [-0.2, 0) is 0 Å². The first kappa shape index (κ1) is 22.1. The smallest absolute Gasteiger partial charge is 0.404 e. The molecule has 0 bridgehead atoms. The second-order valence-corrected chi connectivity index (χ2v) is 5.80. The van der Waals surface area contributed by atoms with Gasteiger partial charge in [-0.25, -0.2) is 4.79 Å². The largest absolute Gasteiger partial charge is 0.465 e. The molecular weight excluding hydrogens is 294 g/mol. The third-order valence-electron chi connectivity index (χ3n) is 3.57. The Morgan fingerprint density at radius 1 is 0.913 bits per heavy atom. The van der Waals surface area contributed by atoms with Crippen LogP contribution in [0.1, 0.15) is 39.0 Å². The topological polar surface area (TPSA) is 97.5 Å². The zero-order valence-corrected chi connectivity index (χ0v) is 14.9. The summed E-state index contributed by atoms with van der Waals surface area (Å²) in [5, 5.41) is 24.5. The van der Waals surface area contributed by atoms with E-state index in [0.717, 1.165) is 52.1 Å². The third-order valence-corrected chi connectivity index (χ3v) is 3.57. The molecule has 0 spiro atoms. The second kappa shape index (κ2) is 17.5. The third kappa shape index (κ3) is 17.3. The molecular formula is C16H37N5O2. The molecule has 1 unspecified atom stereocenters. The standard InChI is InChI=1S/C16H37N5O2/c1-3-8-18-12-13-19-9-5-4-6-10-20-14-15(7-11-17-2)21-16(22)23/h15,17-21H,3-14H2,1-2H3,(H,22,23). The molecule has 0 aromatic heterocycles. The van der Waals surface area contributed by atoms with E-state index in [4.69, 9.17) is 5.11 Å². The van der Waals surface area contributed by atoms with Crippen LogP contribution in [0.2, 0.25) is 0 Å². The molecule has 7 heteroatoms. The molecule has 0 radical (unpaired) electrons.